The first-order chi connectivity index (χ1) is 17.1. The second-order valence-electron chi connectivity index (χ2n) is 8.24. The Morgan fingerprint density at radius 2 is 1.66 bits per heavy atom. The fraction of sp³-hybridized carbons (Fsp3) is 0.185. The quantitative estimate of drug-likeness (QED) is 0.374. The van der Waals surface area contributed by atoms with Gasteiger partial charge in [-0.2, -0.15) is 0 Å². The van der Waals surface area contributed by atoms with Crippen LogP contribution in [0.2, 0.25) is 0 Å². The van der Waals surface area contributed by atoms with Crippen LogP contribution in [0.25, 0.3) is 16.7 Å². The Kier molecular flexibility index (Phi) is 6.26. The van der Waals surface area contributed by atoms with Crippen molar-refractivity contribution in [1.29, 1.82) is 0 Å². The van der Waals surface area contributed by atoms with Crippen LogP contribution in [0.4, 0.5) is 5.69 Å². The number of hydrogen-bond donors (Lipinski definition) is 1. The molecule has 8 nitrogen and oxygen atoms in total. The second-order valence-corrected chi connectivity index (χ2v) is 8.24. The van der Waals surface area contributed by atoms with E-state index in [2.05, 4.69) is 15.5 Å². The van der Waals surface area contributed by atoms with Gasteiger partial charge in [-0.1, -0.05) is 42.5 Å². The molecule has 2 aromatic heterocycles. The summed E-state index contributed by atoms with van der Waals surface area (Å²) >= 11 is 0. The van der Waals surface area contributed by atoms with Gasteiger partial charge in [0, 0.05) is 25.1 Å². The molecule has 0 saturated heterocycles. The molecule has 0 atom stereocenters. The Bertz CT molecular complexity index is 1540. The number of para-hydroxylation sites is 1. The summed E-state index contributed by atoms with van der Waals surface area (Å²) in [4.78, 5) is 25.9. The molecule has 5 rings (SSSR count). The van der Waals surface area contributed by atoms with Crippen molar-refractivity contribution >= 4 is 28.3 Å². The molecule has 0 bridgehead atoms. The van der Waals surface area contributed by atoms with E-state index in [9.17, 15) is 9.59 Å². The average Bonchev–Trinajstić information content (AvgIpc) is 3.32. The van der Waals surface area contributed by atoms with Crippen molar-refractivity contribution in [3.8, 4) is 5.75 Å². The Morgan fingerprint density at radius 3 is 2.43 bits per heavy atom. The second kappa shape index (κ2) is 9.80. The molecular weight excluding hydrogens is 442 g/mol. The van der Waals surface area contributed by atoms with Gasteiger partial charge in [-0.25, -0.2) is 0 Å². The summed E-state index contributed by atoms with van der Waals surface area (Å²) in [5, 5.41) is 12.2. The number of benzene rings is 3. The predicted octanol–water partition coefficient (Wildman–Crippen LogP) is 3.87. The minimum absolute atomic E-state index is 0.0970. The third-order valence-corrected chi connectivity index (χ3v) is 5.99. The van der Waals surface area contributed by atoms with E-state index in [4.69, 9.17) is 4.74 Å². The molecule has 0 aliphatic heterocycles. The molecule has 0 spiro atoms. The summed E-state index contributed by atoms with van der Waals surface area (Å²) in [6.45, 7) is 0.479. The molecule has 1 amide bonds. The number of fused-ring (bicyclic) bond motifs is 3. The standard InChI is InChI=1S/C27H25N5O3/c1-35-21-13-11-20(12-14-21)28-25(33)16-15-24-29-30-27-31(18-17-19-7-3-2-4-8-19)26(34)22-9-5-6-10-23(22)32(24)27/h2-14H,15-18H2,1H3,(H,28,33). The van der Waals surface area contributed by atoms with Crippen molar-refractivity contribution in [3.63, 3.8) is 0 Å². The lowest BCUT2D eigenvalue weighted by molar-refractivity contribution is -0.116. The highest BCUT2D eigenvalue weighted by atomic mass is 16.5. The third kappa shape index (κ3) is 4.63. The van der Waals surface area contributed by atoms with E-state index in [-0.39, 0.29) is 17.9 Å². The first-order valence-electron chi connectivity index (χ1n) is 11.5. The Labute approximate surface area is 201 Å². The van der Waals surface area contributed by atoms with Crippen molar-refractivity contribution in [1.82, 2.24) is 19.2 Å². The summed E-state index contributed by atoms with van der Waals surface area (Å²) in [6.07, 6.45) is 1.30. The number of aryl methyl sites for hydroxylation is 3. The molecule has 176 valence electrons. The van der Waals surface area contributed by atoms with Gasteiger partial charge in [-0.15, -0.1) is 10.2 Å². The lowest BCUT2D eigenvalue weighted by Gasteiger charge is -2.11. The van der Waals surface area contributed by atoms with Crippen LogP contribution >= 0.6 is 0 Å². The molecule has 3 aromatic carbocycles. The Hall–Kier alpha value is -4.46. The van der Waals surface area contributed by atoms with Gasteiger partial charge in [-0.05, 0) is 48.4 Å². The number of amides is 1. The molecule has 0 unspecified atom stereocenters. The molecular formula is C27H25N5O3. The topological polar surface area (TPSA) is 90.5 Å². The van der Waals surface area contributed by atoms with Gasteiger partial charge in [0.15, 0.2) is 0 Å². The van der Waals surface area contributed by atoms with Gasteiger partial charge in [0.2, 0.25) is 11.7 Å². The van der Waals surface area contributed by atoms with Crippen molar-refractivity contribution in [2.75, 3.05) is 12.4 Å². The minimum atomic E-state index is -0.131. The highest BCUT2D eigenvalue weighted by Gasteiger charge is 2.17. The monoisotopic (exact) mass is 467 g/mol. The summed E-state index contributed by atoms with van der Waals surface area (Å²) in [5.74, 6) is 1.71. The Balaban J connectivity index is 1.42. The molecule has 0 aliphatic rings. The molecule has 5 aromatic rings. The van der Waals surface area contributed by atoms with Crippen LogP contribution in [0.15, 0.2) is 83.7 Å². The zero-order chi connectivity index (χ0) is 24.2. The van der Waals surface area contributed by atoms with Crippen LogP contribution in [0.1, 0.15) is 17.8 Å². The highest BCUT2D eigenvalue weighted by molar-refractivity contribution is 5.90. The van der Waals surface area contributed by atoms with Crippen LogP contribution < -0.4 is 15.6 Å². The number of carbonyl (C=O) groups is 1. The first-order valence-corrected chi connectivity index (χ1v) is 11.5. The van der Waals surface area contributed by atoms with Crippen molar-refractivity contribution < 1.29 is 9.53 Å². The van der Waals surface area contributed by atoms with Crippen LogP contribution in [-0.4, -0.2) is 32.2 Å². The molecule has 2 heterocycles. The summed E-state index contributed by atoms with van der Waals surface area (Å²) in [6, 6.07) is 24.6. The summed E-state index contributed by atoms with van der Waals surface area (Å²) in [7, 11) is 1.60. The number of methoxy groups -OCH3 is 1. The number of carbonyl (C=O) groups excluding carboxylic acids is 1. The first kappa shape index (κ1) is 22.3. The van der Waals surface area contributed by atoms with Crippen LogP contribution in [0.5, 0.6) is 5.75 Å². The van der Waals surface area contributed by atoms with E-state index < -0.39 is 0 Å². The van der Waals surface area contributed by atoms with E-state index in [0.29, 0.717) is 42.1 Å². The molecule has 8 heteroatoms. The zero-order valence-electron chi connectivity index (χ0n) is 19.3. The number of anilines is 1. The van der Waals surface area contributed by atoms with Gasteiger partial charge in [0.1, 0.15) is 11.6 Å². The van der Waals surface area contributed by atoms with Crippen molar-refractivity contribution in [2.24, 2.45) is 0 Å². The third-order valence-electron chi connectivity index (χ3n) is 5.99. The minimum Gasteiger partial charge on any atom is -0.497 e. The van der Waals surface area contributed by atoms with Crippen LogP contribution in [-0.2, 0) is 24.2 Å². The lowest BCUT2D eigenvalue weighted by atomic mass is 10.1. The lowest BCUT2D eigenvalue weighted by Crippen LogP contribution is -2.24. The highest BCUT2D eigenvalue weighted by Crippen LogP contribution is 2.18. The summed E-state index contributed by atoms with van der Waals surface area (Å²) in [5.41, 5.74) is 2.47. The van der Waals surface area contributed by atoms with Gasteiger partial charge < -0.3 is 10.1 Å². The van der Waals surface area contributed by atoms with E-state index in [0.717, 1.165) is 16.8 Å². The maximum absolute atomic E-state index is 13.3. The molecule has 0 fully saturated rings. The SMILES string of the molecule is COc1ccc(NC(=O)CCc2nnc3n(CCc4ccccc4)c(=O)c4ccccc4n23)cc1. The average molecular weight is 468 g/mol. The van der Waals surface area contributed by atoms with Crippen LogP contribution in [0.3, 0.4) is 0 Å². The predicted molar refractivity (Wildman–Crippen MR) is 135 cm³/mol. The van der Waals surface area contributed by atoms with E-state index in [1.807, 2.05) is 59.0 Å². The largest absolute Gasteiger partial charge is 0.497 e. The van der Waals surface area contributed by atoms with Crippen molar-refractivity contribution in [2.45, 2.75) is 25.8 Å². The molecule has 0 radical (unpaired) electrons. The maximum Gasteiger partial charge on any atom is 0.262 e. The number of aromatic nitrogens is 4. The number of rotatable bonds is 8. The fourth-order valence-corrected chi connectivity index (χ4v) is 4.19. The van der Waals surface area contributed by atoms with Crippen molar-refractivity contribution in [3.05, 3.63) is 101 Å². The van der Waals surface area contributed by atoms with E-state index in [1.165, 1.54) is 0 Å². The fourth-order valence-electron chi connectivity index (χ4n) is 4.19. The van der Waals surface area contributed by atoms with Gasteiger partial charge in [0.25, 0.3) is 5.56 Å². The molecule has 35 heavy (non-hydrogen) atoms. The normalized spacial score (nSPS) is 11.1. The molecule has 0 aliphatic carbocycles. The number of nitrogens with zero attached hydrogens (tertiary/aromatic N) is 4. The van der Waals surface area contributed by atoms with Crippen LogP contribution in [0, 0.1) is 0 Å². The van der Waals surface area contributed by atoms with Gasteiger partial charge in [0.05, 0.1) is 18.0 Å². The van der Waals surface area contributed by atoms with E-state index >= 15 is 0 Å². The van der Waals surface area contributed by atoms with Gasteiger partial charge >= 0.3 is 0 Å². The number of hydrogen-bond acceptors (Lipinski definition) is 5. The maximum atomic E-state index is 13.3. The smallest absolute Gasteiger partial charge is 0.262 e. The summed E-state index contributed by atoms with van der Waals surface area (Å²) < 4.78 is 8.71. The Morgan fingerprint density at radius 1 is 0.914 bits per heavy atom. The number of nitrogens with one attached hydrogen (secondary N) is 1. The molecule has 1 N–H and O–H groups in total. The number of ether oxygens (including phenoxy) is 1. The zero-order valence-corrected chi connectivity index (χ0v) is 19.3. The molecule has 0 saturated carbocycles. The van der Waals surface area contributed by atoms with E-state index in [1.54, 1.807) is 35.9 Å². The van der Waals surface area contributed by atoms with Gasteiger partial charge in [-0.3, -0.25) is 18.6 Å².